The van der Waals surface area contributed by atoms with E-state index in [-0.39, 0.29) is 5.78 Å². The normalized spacial score (nSPS) is 14.3. The van der Waals surface area contributed by atoms with Crippen LogP contribution in [0.2, 0.25) is 0 Å². The average Bonchev–Trinajstić information content (AvgIpc) is 3.59. The first-order valence-electron chi connectivity index (χ1n) is 13.0. The fraction of sp³-hybridized carbons (Fsp3) is 0.345. The molecule has 0 unspecified atom stereocenters. The summed E-state index contributed by atoms with van der Waals surface area (Å²) in [5.41, 5.74) is 8.35. The van der Waals surface area contributed by atoms with E-state index in [0.717, 1.165) is 76.5 Å². The minimum Gasteiger partial charge on any atom is -0.369 e. The minimum atomic E-state index is 0.0275. The van der Waals surface area contributed by atoms with Crippen molar-refractivity contribution in [3.05, 3.63) is 53.9 Å². The Kier molecular flexibility index (Phi) is 6.60. The number of H-pyrrole nitrogens is 2. The second kappa shape index (κ2) is 9.86. The molecule has 4 heterocycles. The quantitative estimate of drug-likeness (QED) is 0.325. The van der Waals surface area contributed by atoms with Crippen LogP contribution in [0, 0.1) is 6.92 Å². The van der Waals surface area contributed by atoms with Gasteiger partial charge in [0.2, 0.25) is 0 Å². The number of likely N-dealkylation sites (N-methyl/N-ethyl adjacent to an activating group) is 1. The van der Waals surface area contributed by atoms with Gasteiger partial charge in [0.1, 0.15) is 0 Å². The second-order valence-corrected chi connectivity index (χ2v) is 9.55. The number of Topliss-reactive ketones (excluding diaryl/α,β-unsaturated/α-hetero) is 1. The maximum absolute atomic E-state index is 12.7. The number of anilines is 1. The van der Waals surface area contributed by atoms with Gasteiger partial charge in [0, 0.05) is 61.1 Å². The van der Waals surface area contributed by atoms with Crippen LogP contribution < -0.4 is 4.90 Å². The molecule has 6 rings (SSSR count). The van der Waals surface area contributed by atoms with E-state index >= 15 is 0 Å². The number of ketones is 1. The summed E-state index contributed by atoms with van der Waals surface area (Å²) in [6.07, 6.45) is 1.85. The molecule has 0 atom stereocenters. The largest absolute Gasteiger partial charge is 0.369 e. The molecule has 1 saturated heterocycles. The summed E-state index contributed by atoms with van der Waals surface area (Å²) in [6.45, 7) is 11.7. The summed E-state index contributed by atoms with van der Waals surface area (Å²) in [5.74, 6) is 0.757. The highest BCUT2D eigenvalue weighted by molar-refractivity contribution is 6.06. The molecule has 0 spiro atoms. The van der Waals surface area contributed by atoms with Crippen LogP contribution in [-0.2, 0) is 7.05 Å². The molecule has 2 aromatic carbocycles. The van der Waals surface area contributed by atoms with Crippen molar-refractivity contribution in [1.82, 2.24) is 29.6 Å². The molecule has 5 aromatic rings. The van der Waals surface area contributed by atoms with E-state index in [4.69, 9.17) is 4.98 Å². The number of nitrogens with zero attached hydrogens (tertiary/aromatic N) is 5. The molecule has 2 N–H and O–H groups in total. The first-order chi connectivity index (χ1) is 17.9. The number of carbonyl (C=O) groups excluding carboxylic acids is 1. The molecule has 0 saturated carbocycles. The van der Waals surface area contributed by atoms with Crippen LogP contribution in [0.25, 0.3) is 44.6 Å². The zero-order valence-corrected chi connectivity index (χ0v) is 22.5. The van der Waals surface area contributed by atoms with Gasteiger partial charge < -0.3 is 19.8 Å². The highest BCUT2D eigenvalue weighted by Gasteiger charge is 2.24. The SMILES string of the molecule is CC.CC(=O)c1c(C)[nH]c(-c2nc3ccc(N4CCN(C)CC4)cc3[nH]2)c1-c1ccc2c(cnn2C)c1. The van der Waals surface area contributed by atoms with Crippen molar-refractivity contribution in [2.45, 2.75) is 27.7 Å². The Balaban J connectivity index is 0.00000137. The predicted octanol–water partition coefficient (Wildman–Crippen LogP) is 5.40. The Morgan fingerprint density at radius 2 is 1.73 bits per heavy atom. The van der Waals surface area contributed by atoms with Gasteiger partial charge in [0.05, 0.1) is 28.4 Å². The number of hydrogen-bond donors (Lipinski definition) is 2. The van der Waals surface area contributed by atoms with E-state index < -0.39 is 0 Å². The number of benzene rings is 2. The van der Waals surface area contributed by atoms with Gasteiger partial charge in [-0.25, -0.2) is 4.98 Å². The first kappa shape index (κ1) is 24.8. The molecule has 1 aliphatic rings. The molecule has 37 heavy (non-hydrogen) atoms. The summed E-state index contributed by atoms with van der Waals surface area (Å²) >= 11 is 0. The van der Waals surface area contributed by atoms with Gasteiger partial charge >= 0.3 is 0 Å². The Hall–Kier alpha value is -3.91. The zero-order chi connectivity index (χ0) is 26.3. The molecule has 192 valence electrons. The lowest BCUT2D eigenvalue weighted by atomic mass is 9.97. The summed E-state index contributed by atoms with van der Waals surface area (Å²) < 4.78 is 1.85. The highest BCUT2D eigenvalue weighted by atomic mass is 16.1. The van der Waals surface area contributed by atoms with E-state index in [9.17, 15) is 4.79 Å². The highest BCUT2D eigenvalue weighted by Crippen LogP contribution is 2.38. The van der Waals surface area contributed by atoms with E-state index in [2.05, 4.69) is 68.3 Å². The van der Waals surface area contributed by atoms with Crippen molar-refractivity contribution in [3.8, 4) is 22.6 Å². The van der Waals surface area contributed by atoms with E-state index in [1.807, 2.05) is 38.7 Å². The number of aromatic nitrogens is 5. The number of piperazine rings is 1. The average molecular weight is 498 g/mol. The van der Waals surface area contributed by atoms with Crippen LogP contribution in [0.3, 0.4) is 0 Å². The second-order valence-electron chi connectivity index (χ2n) is 9.55. The molecule has 3 aromatic heterocycles. The fourth-order valence-electron chi connectivity index (χ4n) is 5.23. The molecule has 0 amide bonds. The van der Waals surface area contributed by atoms with E-state index in [1.165, 1.54) is 5.69 Å². The van der Waals surface area contributed by atoms with Crippen LogP contribution in [0.5, 0.6) is 0 Å². The molecular formula is C29H35N7O. The summed E-state index contributed by atoms with van der Waals surface area (Å²) in [5, 5.41) is 5.40. The fourth-order valence-corrected chi connectivity index (χ4v) is 5.23. The van der Waals surface area contributed by atoms with Gasteiger partial charge in [0.25, 0.3) is 0 Å². The van der Waals surface area contributed by atoms with Crippen molar-refractivity contribution < 1.29 is 4.79 Å². The third-order valence-electron chi connectivity index (χ3n) is 7.15. The number of nitrogens with one attached hydrogen (secondary N) is 2. The predicted molar refractivity (Wildman–Crippen MR) is 151 cm³/mol. The smallest absolute Gasteiger partial charge is 0.162 e. The summed E-state index contributed by atoms with van der Waals surface area (Å²) in [7, 11) is 4.10. The van der Waals surface area contributed by atoms with Crippen LogP contribution in [0.15, 0.2) is 42.6 Å². The zero-order valence-electron chi connectivity index (χ0n) is 22.5. The van der Waals surface area contributed by atoms with Crippen LogP contribution in [0.1, 0.15) is 36.8 Å². The van der Waals surface area contributed by atoms with Gasteiger partial charge in [0.15, 0.2) is 11.6 Å². The Bertz CT molecular complexity index is 1580. The van der Waals surface area contributed by atoms with Crippen LogP contribution in [0.4, 0.5) is 5.69 Å². The Morgan fingerprint density at radius 1 is 0.973 bits per heavy atom. The van der Waals surface area contributed by atoms with Crippen LogP contribution >= 0.6 is 0 Å². The maximum Gasteiger partial charge on any atom is 0.162 e. The van der Waals surface area contributed by atoms with Gasteiger partial charge in [-0.3, -0.25) is 9.48 Å². The standard InChI is InChI=1S/C27H29N7O.C2H6/c1-16-24(17(2)35)25(18-5-8-23-19(13-18)15-28-33(23)4)26(29-16)27-30-21-7-6-20(14-22(21)31-27)34-11-9-32(3)10-12-34;1-2/h5-8,13-15,29H,9-12H2,1-4H3,(H,30,31);1-2H3. The first-order valence-corrected chi connectivity index (χ1v) is 13.0. The van der Waals surface area contributed by atoms with Gasteiger partial charge in [-0.1, -0.05) is 19.9 Å². The number of fused-ring (bicyclic) bond motifs is 2. The molecule has 0 radical (unpaired) electrons. The Labute approximate surface area is 217 Å². The topological polar surface area (TPSA) is 85.8 Å². The van der Waals surface area contributed by atoms with Crippen molar-refractivity contribution in [3.63, 3.8) is 0 Å². The number of aryl methyl sites for hydroxylation is 2. The summed E-state index contributed by atoms with van der Waals surface area (Å²) in [6, 6.07) is 12.6. The molecular weight excluding hydrogens is 462 g/mol. The van der Waals surface area contributed by atoms with E-state index in [0.29, 0.717) is 5.56 Å². The van der Waals surface area contributed by atoms with Crippen molar-refractivity contribution in [1.29, 1.82) is 0 Å². The number of hydrogen-bond acceptors (Lipinski definition) is 5. The molecule has 1 fully saturated rings. The third-order valence-corrected chi connectivity index (χ3v) is 7.15. The number of rotatable bonds is 4. The minimum absolute atomic E-state index is 0.0275. The van der Waals surface area contributed by atoms with Crippen molar-refractivity contribution >= 4 is 33.4 Å². The third kappa shape index (κ3) is 4.42. The lowest BCUT2D eigenvalue weighted by Crippen LogP contribution is -2.44. The molecule has 1 aliphatic heterocycles. The molecule has 8 heteroatoms. The summed E-state index contributed by atoms with van der Waals surface area (Å²) in [4.78, 5) is 29.4. The Morgan fingerprint density at radius 3 is 2.46 bits per heavy atom. The van der Waals surface area contributed by atoms with Gasteiger partial charge in [-0.2, -0.15) is 5.10 Å². The van der Waals surface area contributed by atoms with Crippen LogP contribution in [-0.4, -0.2) is 68.6 Å². The van der Waals surface area contributed by atoms with Crippen molar-refractivity contribution in [2.75, 3.05) is 38.1 Å². The number of imidazole rings is 1. The lowest BCUT2D eigenvalue weighted by Gasteiger charge is -2.34. The van der Waals surface area contributed by atoms with Gasteiger partial charge in [-0.05, 0) is 56.8 Å². The monoisotopic (exact) mass is 497 g/mol. The number of carbonyl (C=O) groups is 1. The van der Waals surface area contributed by atoms with Gasteiger partial charge in [-0.15, -0.1) is 0 Å². The lowest BCUT2D eigenvalue weighted by molar-refractivity contribution is 0.101. The van der Waals surface area contributed by atoms with Crippen molar-refractivity contribution in [2.24, 2.45) is 7.05 Å². The molecule has 8 nitrogen and oxygen atoms in total. The molecule has 0 aliphatic carbocycles. The maximum atomic E-state index is 12.7. The van der Waals surface area contributed by atoms with E-state index in [1.54, 1.807) is 6.92 Å². The molecule has 0 bridgehead atoms. The number of aromatic amines is 2.